The van der Waals surface area contributed by atoms with Gasteiger partial charge in [-0.3, -0.25) is 4.79 Å². The number of aromatic nitrogens is 2. The van der Waals surface area contributed by atoms with E-state index in [4.69, 9.17) is 5.73 Å². The smallest absolute Gasteiger partial charge is 0.270 e. The zero-order valence-electron chi connectivity index (χ0n) is 13.2. The molecule has 3 aromatic rings. The molecule has 1 saturated heterocycles. The van der Waals surface area contributed by atoms with Crippen molar-refractivity contribution in [1.29, 1.82) is 0 Å². The van der Waals surface area contributed by atoms with E-state index >= 15 is 0 Å². The third-order valence-electron chi connectivity index (χ3n) is 4.08. The quantitative estimate of drug-likeness (QED) is 0.730. The van der Waals surface area contributed by atoms with E-state index in [9.17, 15) is 9.18 Å². The molecule has 25 heavy (non-hydrogen) atoms. The number of amides is 1. The number of anilines is 1. The molecule has 5 nitrogen and oxygen atoms in total. The molecule has 1 aliphatic rings. The van der Waals surface area contributed by atoms with Gasteiger partial charge in [-0.15, -0.1) is 21.5 Å². The van der Waals surface area contributed by atoms with Crippen molar-refractivity contribution in [2.24, 2.45) is 5.73 Å². The van der Waals surface area contributed by atoms with Gasteiger partial charge in [-0.2, -0.15) is 11.8 Å². The number of thiophene rings is 1. The highest BCUT2D eigenvalue weighted by atomic mass is 32.2. The summed E-state index contributed by atoms with van der Waals surface area (Å²) < 4.78 is 13.9. The molecule has 0 aliphatic carbocycles. The Bertz CT molecular complexity index is 936. The van der Waals surface area contributed by atoms with Crippen molar-refractivity contribution in [1.82, 2.24) is 10.2 Å². The van der Waals surface area contributed by atoms with Crippen molar-refractivity contribution in [2.45, 2.75) is 12.5 Å². The largest absolute Gasteiger partial charge is 0.364 e. The van der Waals surface area contributed by atoms with E-state index in [0.29, 0.717) is 16.6 Å². The maximum atomic E-state index is 13.2. The van der Waals surface area contributed by atoms with Crippen LogP contribution < -0.4 is 11.1 Å². The van der Waals surface area contributed by atoms with E-state index in [1.54, 1.807) is 12.1 Å². The van der Waals surface area contributed by atoms with E-state index < -0.39 is 5.91 Å². The summed E-state index contributed by atoms with van der Waals surface area (Å²) in [6.07, 6.45) is 1.07. The minimum Gasteiger partial charge on any atom is -0.364 e. The average Bonchev–Trinajstić information content (AvgIpc) is 3.25. The number of hydrogen-bond acceptors (Lipinski definition) is 6. The van der Waals surface area contributed by atoms with Gasteiger partial charge in [0.15, 0.2) is 11.5 Å². The zero-order chi connectivity index (χ0) is 17.4. The Kier molecular flexibility index (Phi) is 4.30. The molecule has 0 spiro atoms. The summed E-state index contributed by atoms with van der Waals surface area (Å²) in [5, 5.41) is 12.5. The zero-order valence-corrected chi connectivity index (χ0v) is 14.8. The normalized spacial score (nSPS) is 17.1. The van der Waals surface area contributed by atoms with Gasteiger partial charge in [0.1, 0.15) is 5.82 Å². The van der Waals surface area contributed by atoms with Crippen LogP contribution in [-0.2, 0) is 0 Å². The summed E-state index contributed by atoms with van der Waals surface area (Å²) in [5.41, 5.74) is 6.49. The maximum Gasteiger partial charge on any atom is 0.270 e. The van der Waals surface area contributed by atoms with Crippen molar-refractivity contribution in [2.75, 3.05) is 16.8 Å². The number of nitrogens with two attached hydrogens (primary N) is 1. The van der Waals surface area contributed by atoms with Crippen molar-refractivity contribution >= 4 is 44.9 Å². The molecule has 1 atom stereocenters. The fraction of sp³-hybridized carbons (Fsp3) is 0.235. The first-order valence-electron chi connectivity index (χ1n) is 7.82. The Morgan fingerprint density at radius 1 is 1.28 bits per heavy atom. The number of fused-ring (bicyclic) bond motifs is 1. The van der Waals surface area contributed by atoms with Crippen LogP contribution in [0.1, 0.15) is 16.9 Å². The van der Waals surface area contributed by atoms with Crippen LogP contribution in [0.5, 0.6) is 0 Å². The molecule has 0 bridgehead atoms. The van der Waals surface area contributed by atoms with Crippen molar-refractivity contribution in [3.05, 3.63) is 41.8 Å². The van der Waals surface area contributed by atoms with Gasteiger partial charge in [-0.05, 0) is 35.9 Å². The van der Waals surface area contributed by atoms with Crippen LogP contribution in [0.2, 0.25) is 0 Å². The summed E-state index contributed by atoms with van der Waals surface area (Å²) in [6, 6.07) is 8.56. The molecule has 3 N–H and O–H groups in total. The molecule has 8 heteroatoms. The lowest BCUT2D eigenvalue weighted by Gasteiger charge is -2.12. The molecule has 1 aliphatic heterocycles. The summed E-state index contributed by atoms with van der Waals surface area (Å²) in [7, 11) is 0. The predicted molar refractivity (Wildman–Crippen MR) is 101 cm³/mol. The molecule has 4 rings (SSSR count). The van der Waals surface area contributed by atoms with Crippen LogP contribution in [-0.4, -0.2) is 33.7 Å². The molecule has 1 amide bonds. The third kappa shape index (κ3) is 3.19. The molecule has 3 heterocycles. The number of carbonyl (C=O) groups is 1. The summed E-state index contributed by atoms with van der Waals surface area (Å²) in [5.74, 6) is 1.92. The fourth-order valence-electron chi connectivity index (χ4n) is 2.81. The highest BCUT2D eigenvalue weighted by molar-refractivity contribution is 7.99. The Labute approximate surface area is 151 Å². The number of hydrogen-bond donors (Lipinski definition) is 2. The molecule has 128 valence electrons. The van der Waals surface area contributed by atoms with Gasteiger partial charge in [0.25, 0.3) is 5.91 Å². The Balaban J connectivity index is 1.82. The van der Waals surface area contributed by atoms with Crippen LogP contribution in [0.25, 0.3) is 20.5 Å². The van der Waals surface area contributed by atoms with Gasteiger partial charge in [0.2, 0.25) is 0 Å². The Morgan fingerprint density at radius 2 is 2.08 bits per heavy atom. The second-order valence-electron chi connectivity index (χ2n) is 5.83. The molecule has 0 radical (unpaired) electrons. The average molecular weight is 374 g/mol. The monoisotopic (exact) mass is 374 g/mol. The van der Waals surface area contributed by atoms with Gasteiger partial charge in [-0.25, -0.2) is 4.39 Å². The first-order valence-corrected chi connectivity index (χ1v) is 9.79. The van der Waals surface area contributed by atoms with Gasteiger partial charge < -0.3 is 11.1 Å². The van der Waals surface area contributed by atoms with Crippen LogP contribution in [0.4, 0.5) is 10.2 Å². The number of carbonyl (C=O) groups excluding carboxylic acids is 1. The first kappa shape index (κ1) is 16.3. The molecule has 2 aromatic heterocycles. The standard InChI is InChI=1S/C17H15FN4OS2/c18-10-3-1-9(2-4-10)13-7-12-15(25-13)14(16(19)23)21-22-17(12)20-11-5-6-24-8-11/h1-4,7,11H,5-6,8H2,(H2,19,23)(H,20,22). The van der Waals surface area contributed by atoms with Crippen LogP contribution >= 0.6 is 23.1 Å². The third-order valence-corrected chi connectivity index (χ3v) is 6.44. The molecular weight excluding hydrogens is 359 g/mol. The van der Waals surface area contributed by atoms with Crippen molar-refractivity contribution in [3.8, 4) is 10.4 Å². The van der Waals surface area contributed by atoms with E-state index in [-0.39, 0.29) is 11.5 Å². The van der Waals surface area contributed by atoms with Gasteiger partial charge in [0.05, 0.1) is 4.70 Å². The molecular formula is C17H15FN4OS2. The lowest BCUT2D eigenvalue weighted by Crippen LogP contribution is -2.20. The predicted octanol–water partition coefficient (Wildman–Crippen LogP) is 3.51. The van der Waals surface area contributed by atoms with E-state index in [1.807, 2.05) is 17.8 Å². The highest BCUT2D eigenvalue weighted by Crippen LogP contribution is 2.38. The minimum atomic E-state index is -0.604. The van der Waals surface area contributed by atoms with Gasteiger partial charge in [-0.1, -0.05) is 12.1 Å². The second kappa shape index (κ2) is 6.61. The van der Waals surface area contributed by atoms with Crippen molar-refractivity contribution < 1.29 is 9.18 Å². The fourth-order valence-corrected chi connectivity index (χ4v) is 5.11. The summed E-state index contributed by atoms with van der Waals surface area (Å²) in [6.45, 7) is 0. The maximum absolute atomic E-state index is 13.2. The number of nitrogens with one attached hydrogen (secondary N) is 1. The highest BCUT2D eigenvalue weighted by Gasteiger charge is 2.21. The molecule has 1 aromatic carbocycles. The van der Waals surface area contributed by atoms with E-state index in [0.717, 1.165) is 33.8 Å². The van der Waals surface area contributed by atoms with Gasteiger partial charge >= 0.3 is 0 Å². The lowest BCUT2D eigenvalue weighted by atomic mass is 10.1. The summed E-state index contributed by atoms with van der Waals surface area (Å²) in [4.78, 5) is 12.6. The minimum absolute atomic E-state index is 0.166. The lowest BCUT2D eigenvalue weighted by molar-refractivity contribution is 0.0996. The van der Waals surface area contributed by atoms with Crippen LogP contribution in [0.15, 0.2) is 30.3 Å². The number of halogens is 1. The number of primary amides is 1. The molecule has 1 fully saturated rings. The number of nitrogens with zero attached hydrogens (tertiary/aromatic N) is 2. The number of thioether (sulfide) groups is 1. The number of rotatable bonds is 4. The Morgan fingerprint density at radius 3 is 2.76 bits per heavy atom. The van der Waals surface area contributed by atoms with E-state index in [1.165, 1.54) is 23.5 Å². The SMILES string of the molecule is NC(=O)c1nnc(NC2CCSC2)c2cc(-c3ccc(F)cc3)sc12. The Hall–Kier alpha value is -2.19. The van der Waals surface area contributed by atoms with Crippen molar-refractivity contribution in [3.63, 3.8) is 0 Å². The topological polar surface area (TPSA) is 80.9 Å². The molecule has 0 saturated carbocycles. The van der Waals surface area contributed by atoms with Crippen LogP contribution in [0.3, 0.4) is 0 Å². The molecule has 1 unspecified atom stereocenters. The number of benzene rings is 1. The van der Waals surface area contributed by atoms with Crippen LogP contribution in [0, 0.1) is 5.82 Å². The second-order valence-corrected chi connectivity index (χ2v) is 8.03. The van der Waals surface area contributed by atoms with Gasteiger partial charge in [0, 0.05) is 22.1 Å². The summed E-state index contributed by atoms with van der Waals surface area (Å²) >= 11 is 3.31. The van der Waals surface area contributed by atoms with E-state index in [2.05, 4.69) is 15.5 Å². The first-order chi connectivity index (χ1) is 12.1.